The Bertz CT molecular complexity index is 364. The van der Waals surface area contributed by atoms with Crippen LogP contribution in [0.4, 0.5) is 0 Å². The monoisotopic (exact) mass is 298 g/mol. The number of benzene rings is 1. The fraction of sp³-hybridized carbons (Fsp3) is 0.538. The molecule has 1 atom stereocenters. The molecule has 0 spiro atoms. The molecule has 0 amide bonds. The van der Waals surface area contributed by atoms with Gasteiger partial charge >= 0.3 is 0 Å². The lowest BCUT2D eigenvalue weighted by molar-refractivity contribution is 0.406. The fourth-order valence-electron chi connectivity index (χ4n) is 2.18. The van der Waals surface area contributed by atoms with Crippen molar-refractivity contribution in [2.75, 3.05) is 26.7 Å². The zero-order valence-corrected chi connectivity index (χ0v) is 11.7. The van der Waals surface area contributed by atoms with E-state index in [0.717, 1.165) is 42.3 Å². The molecule has 1 aromatic rings. The SMILES string of the molecule is COc1ccc(Br)cc1CNCC1CCNC1. The van der Waals surface area contributed by atoms with Gasteiger partial charge in [0.25, 0.3) is 0 Å². The highest BCUT2D eigenvalue weighted by Crippen LogP contribution is 2.22. The van der Waals surface area contributed by atoms with Crippen LogP contribution in [-0.2, 0) is 6.54 Å². The molecule has 1 unspecified atom stereocenters. The summed E-state index contributed by atoms with van der Waals surface area (Å²) in [4.78, 5) is 0. The molecule has 0 aromatic heterocycles. The van der Waals surface area contributed by atoms with Gasteiger partial charge in [-0.25, -0.2) is 0 Å². The number of methoxy groups -OCH3 is 1. The second-order valence-electron chi connectivity index (χ2n) is 4.45. The van der Waals surface area contributed by atoms with E-state index in [9.17, 15) is 0 Å². The van der Waals surface area contributed by atoms with E-state index >= 15 is 0 Å². The average molecular weight is 299 g/mol. The van der Waals surface area contributed by atoms with Gasteiger partial charge < -0.3 is 15.4 Å². The van der Waals surface area contributed by atoms with Crippen LogP contribution in [-0.4, -0.2) is 26.7 Å². The summed E-state index contributed by atoms with van der Waals surface area (Å²) < 4.78 is 6.44. The van der Waals surface area contributed by atoms with Gasteiger partial charge in [0.05, 0.1) is 7.11 Å². The summed E-state index contributed by atoms with van der Waals surface area (Å²) in [6.45, 7) is 4.23. The molecule has 1 fully saturated rings. The van der Waals surface area contributed by atoms with Crippen molar-refractivity contribution in [2.45, 2.75) is 13.0 Å². The van der Waals surface area contributed by atoms with Gasteiger partial charge in [-0.3, -0.25) is 0 Å². The van der Waals surface area contributed by atoms with E-state index in [0.29, 0.717) is 0 Å². The van der Waals surface area contributed by atoms with E-state index in [4.69, 9.17) is 4.74 Å². The number of hydrogen-bond donors (Lipinski definition) is 2. The van der Waals surface area contributed by atoms with Crippen molar-refractivity contribution in [1.82, 2.24) is 10.6 Å². The predicted octanol–water partition coefficient (Wildman–Crippen LogP) is 2.16. The quantitative estimate of drug-likeness (QED) is 0.874. The van der Waals surface area contributed by atoms with E-state index in [1.165, 1.54) is 12.0 Å². The van der Waals surface area contributed by atoms with Crippen molar-refractivity contribution in [3.05, 3.63) is 28.2 Å². The molecule has 0 saturated carbocycles. The molecule has 1 heterocycles. The highest BCUT2D eigenvalue weighted by atomic mass is 79.9. The number of rotatable bonds is 5. The molecule has 2 N–H and O–H groups in total. The van der Waals surface area contributed by atoms with Crippen LogP contribution in [0, 0.1) is 5.92 Å². The Balaban J connectivity index is 1.86. The first-order valence-corrected chi connectivity index (χ1v) is 6.82. The third kappa shape index (κ3) is 3.69. The van der Waals surface area contributed by atoms with E-state index in [1.54, 1.807) is 7.11 Å². The van der Waals surface area contributed by atoms with E-state index in [2.05, 4.69) is 32.6 Å². The summed E-state index contributed by atoms with van der Waals surface area (Å²) in [6.07, 6.45) is 1.28. The summed E-state index contributed by atoms with van der Waals surface area (Å²) in [6, 6.07) is 6.11. The molecule has 2 rings (SSSR count). The minimum absolute atomic E-state index is 0.771. The maximum atomic E-state index is 5.35. The molecule has 1 aliphatic heterocycles. The van der Waals surface area contributed by atoms with Crippen molar-refractivity contribution < 1.29 is 4.74 Å². The molecule has 1 aliphatic rings. The van der Waals surface area contributed by atoms with Crippen LogP contribution in [0.3, 0.4) is 0 Å². The Morgan fingerprint density at radius 3 is 3.12 bits per heavy atom. The lowest BCUT2D eigenvalue weighted by atomic mass is 10.1. The van der Waals surface area contributed by atoms with Crippen LogP contribution in [0.5, 0.6) is 5.75 Å². The lowest BCUT2D eigenvalue weighted by Crippen LogP contribution is -2.24. The van der Waals surface area contributed by atoms with Crippen LogP contribution in [0.15, 0.2) is 22.7 Å². The number of halogens is 1. The molecule has 0 bridgehead atoms. The van der Waals surface area contributed by atoms with Gasteiger partial charge in [-0.15, -0.1) is 0 Å². The molecular formula is C13H19BrN2O. The fourth-order valence-corrected chi connectivity index (χ4v) is 2.59. The lowest BCUT2D eigenvalue weighted by Gasteiger charge is -2.12. The predicted molar refractivity (Wildman–Crippen MR) is 73.4 cm³/mol. The number of nitrogens with one attached hydrogen (secondary N) is 2. The van der Waals surface area contributed by atoms with Gasteiger partial charge in [0.15, 0.2) is 0 Å². The second kappa shape index (κ2) is 6.38. The second-order valence-corrected chi connectivity index (χ2v) is 5.36. The zero-order chi connectivity index (χ0) is 12.1. The Labute approximate surface area is 111 Å². The number of hydrogen-bond acceptors (Lipinski definition) is 3. The summed E-state index contributed by atoms with van der Waals surface area (Å²) in [5.74, 6) is 1.72. The molecule has 1 saturated heterocycles. The maximum Gasteiger partial charge on any atom is 0.123 e. The van der Waals surface area contributed by atoms with Crippen LogP contribution in [0.1, 0.15) is 12.0 Å². The van der Waals surface area contributed by atoms with E-state index < -0.39 is 0 Å². The Hall–Kier alpha value is -0.580. The van der Waals surface area contributed by atoms with Crippen LogP contribution < -0.4 is 15.4 Å². The van der Waals surface area contributed by atoms with Crippen molar-refractivity contribution >= 4 is 15.9 Å². The Morgan fingerprint density at radius 2 is 2.41 bits per heavy atom. The summed E-state index contributed by atoms with van der Waals surface area (Å²) in [7, 11) is 1.72. The Morgan fingerprint density at radius 1 is 1.53 bits per heavy atom. The topological polar surface area (TPSA) is 33.3 Å². The highest BCUT2D eigenvalue weighted by Gasteiger charge is 2.13. The normalized spacial score (nSPS) is 19.5. The van der Waals surface area contributed by atoms with Gasteiger partial charge in [0, 0.05) is 16.6 Å². The summed E-state index contributed by atoms with van der Waals surface area (Å²) in [5.41, 5.74) is 1.20. The molecule has 3 nitrogen and oxygen atoms in total. The average Bonchev–Trinajstić information content (AvgIpc) is 2.82. The molecular weight excluding hydrogens is 280 g/mol. The van der Waals surface area contributed by atoms with Crippen molar-refractivity contribution in [2.24, 2.45) is 5.92 Å². The van der Waals surface area contributed by atoms with Gasteiger partial charge in [-0.2, -0.15) is 0 Å². The largest absolute Gasteiger partial charge is 0.496 e. The third-order valence-electron chi connectivity index (χ3n) is 3.15. The highest BCUT2D eigenvalue weighted by molar-refractivity contribution is 9.10. The van der Waals surface area contributed by atoms with E-state index in [1.807, 2.05) is 12.1 Å². The molecule has 0 aliphatic carbocycles. The van der Waals surface area contributed by atoms with Crippen LogP contribution in [0.25, 0.3) is 0 Å². The smallest absolute Gasteiger partial charge is 0.123 e. The van der Waals surface area contributed by atoms with Crippen molar-refractivity contribution in [3.8, 4) is 5.75 Å². The number of ether oxygens (including phenoxy) is 1. The van der Waals surface area contributed by atoms with E-state index in [-0.39, 0.29) is 0 Å². The summed E-state index contributed by atoms with van der Waals surface area (Å²) in [5, 5.41) is 6.89. The van der Waals surface area contributed by atoms with Crippen LogP contribution >= 0.6 is 15.9 Å². The molecule has 17 heavy (non-hydrogen) atoms. The minimum Gasteiger partial charge on any atom is -0.496 e. The van der Waals surface area contributed by atoms with Crippen molar-refractivity contribution in [3.63, 3.8) is 0 Å². The molecule has 1 aromatic carbocycles. The Kier molecular flexibility index (Phi) is 4.83. The first-order chi connectivity index (χ1) is 8.29. The first-order valence-electron chi connectivity index (χ1n) is 6.03. The third-order valence-corrected chi connectivity index (χ3v) is 3.65. The van der Waals surface area contributed by atoms with Gasteiger partial charge in [0.1, 0.15) is 5.75 Å². The minimum atomic E-state index is 0.771. The standard InChI is InChI=1S/C13H19BrN2O/c1-17-13-3-2-12(14)6-11(13)9-16-8-10-4-5-15-7-10/h2-3,6,10,15-16H,4-5,7-9H2,1H3. The maximum absolute atomic E-state index is 5.35. The molecule has 0 radical (unpaired) electrons. The van der Waals surface area contributed by atoms with Crippen LogP contribution in [0.2, 0.25) is 0 Å². The molecule has 94 valence electrons. The molecule has 4 heteroatoms. The van der Waals surface area contributed by atoms with Gasteiger partial charge in [-0.05, 0) is 50.2 Å². The zero-order valence-electron chi connectivity index (χ0n) is 10.1. The first kappa shape index (κ1) is 12.9. The summed E-state index contributed by atoms with van der Waals surface area (Å²) >= 11 is 3.49. The van der Waals surface area contributed by atoms with Crippen molar-refractivity contribution in [1.29, 1.82) is 0 Å². The van der Waals surface area contributed by atoms with Gasteiger partial charge in [-0.1, -0.05) is 15.9 Å². The van der Waals surface area contributed by atoms with Gasteiger partial charge in [0.2, 0.25) is 0 Å².